The normalized spacial score (nSPS) is 40.0. The van der Waals surface area contributed by atoms with Gasteiger partial charge in [-0.25, -0.2) is 0 Å². The van der Waals surface area contributed by atoms with Crippen molar-refractivity contribution >= 4 is 0 Å². The molecule has 2 heterocycles. The van der Waals surface area contributed by atoms with Crippen LogP contribution in [0.15, 0.2) is 24.3 Å². The number of methoxy groups -OCH3 is 1. The standard InChI is InChI=1S/C19H27NO3/c1-23-14-5-3-13(4-6-14)11-16-18(22)15-12-19(9-7-17(15)21)8-2-10-20(16)19/h3-6,15-18,21-22H,2,7-12H2,1H3/t15-,16-,17-,18-,19-/m0/s1. The second-order valence-electron chi connectivity index (χ2n) is 7.61. The van der Waals surface area contributed by atoms with E-state index in [2.05, 4.69) is 17.0 Å². The highest BCUT2D eigenvalue weighted by atomic mass is 16.5. The number of rotatable bonds is 3. The van der Waals surface area contributed by atoms with Crippen LogP contribution in [0.4, 0.5) is 0 Å². The van der Waals surface area contributed by atoms with Crippen LogP contribution < -0.4 is 4.74 Å². The molecule has 2 bridgehead atoms. The maximum absolute atomic E-state index is 10.9. The van der Waals surface area contributed by atoms with Gasteiger partial charge in [0, 0.05) is 17.5 Å². The molecule has 4 heteroatoms. The lowest BCUT2D eigenvalue weighted by molar-refractivity contribution is -0.146. The van der Waals surface area contributed by atoms with Crippen molar-refractivity contribution in [2.75, 3.05) is 13.7 Å². The molecule has 5 atom stereocenters. The Morgan fingerprint density at radius 3 is 2.74 bits per heavy atom. The van der Waals surface area contributed by atoms with Crippen molar-refractivity contribution in [2.24, 2.45) is 5.92 Å². The first-order valence-corrected chi connectivity index (χ1v) is 8.89. The fraction of sp³-hybridized carbons (Fsp3) is 0.684. The molecule has 0 amide bonds. The maximum atomic E-state index is 10.9. The fourth-order valence-electron chi connectivity index (χ4n) is 5.32. The van der Waals surface area contributed by atoms with Crippen molar-refractivity contribution in [3.8, 4) is 5.75 Å². The smallest absolute Gasteiger partial charge is 0.118 e. The second-order valence-corrected chi connectivity index (χ2v) is 7.61. The summed E-state index contributed by atoms with van der Waals surface area (Å²) >= 11 is 0. The molecule has 0 unspecified atom stereocenters. The largest absolute Gasteiger partial charge is 0.497 e. The number of fused-ring (bicyclic) bond motifs is 1. The van der Waals surface area contributed by atoms with Crippen molar-refractivity contribution in [2.45, 2.75) is 62.3 Å². The van der Waals surface area contributed by atoms with Gasteiger partial charge in [0.2, 0.25) is 0 Å². The van der Waals surface area contributed by atoms with E-state index in [0.717, 1.165) is 38.0 Å². The van der Waals surface area contributed by atoms with Gasteiger partial charge in [0.15, 0.2) is 0 Å². The molecule has 2 aliphatic heterocycles. The van der Waals surface area contributed by atoms with Gasteiger partial charge in [-0.05, 0) is 62.8 Å². The molecule has 0 radical (unpaired) electrons. The van der Waals surface area contributed by atoms with Crippen molar-refractivity contribution in [3.63, 3.8) is 0 Å². The molecule has 126 valence electrons. The number of hydrogen-bond acceptors (Lipinski definition) is 4. The molecule has 0 aromatic heterocycles. The Morgan fingerprint density at radius 1 is 1.22 bits per heavy atom. The molecule has 3 fully saturated rings. The molecule has 3 aliphatic rings. The highest BCUT2D eigenvalue weighted by molar-refractivity contribution is 5.28. The number of aliphatic hydroxyl groups is 2. The van der Waals surface area contributed by atoms with Gasteiger partial charge in [0.05, 0.1) is 19.3 Å². The predicted octanol–water partition coefficient (Wildman–Crippen LogP) is 1.98. The molecule has 1 aromatic rings. The number of aliphatic hydroxyl groups excluding tert-OH is 2. The number of piperidine rings is 1. The lowest BCUT2D eigenvalue weighted by Crippen LogP contribution is -2.66. The van der Waals surface area contributed by atoms with Gasteiger partial charge < -0.3 is 14.9 Å². The summed E-state index contributed by atoms with van der Waals surface area (Å²) in [5.74, 6) is 0.907. The summed E-state index contributed by atoms with van der Waals surface area (Å²) in [6, 6.07) is 8.28. The van der Waals surface area contributed by atoms with E-state index in [9.17, 15) is 10.2 Å². The van der Waals surface area contributed by atoms with Crippen LogP contribution in [-0.4, -0.2) is 52.6 Å². The highest BCUT2D eigenvalue weighted by Crippen LogP contribution is 2.51. The molecule has 23 heavy (non-hydrogen) atoms. The van der Waals surface area contributed by atoms with Gasteiger partial charge in [-0.3, -0.25) is 4.90 Å². The van der Waals surface area contributed by atoms with E-state index in [1.54, 1.807) is 7.11 Å². The summed E-state index contributed by atoms with van der Waals surface area (Å²) in [5, 5.41) is 21.3. The van der Waals surface area contributed by atoms with Gasteiger partial charge in [-0.15, -0.1) is 0 Å². The van der Waals surface area contributed by atoms with Gasteiger partial charge in [-0.1, -0.05) is 12.1 Å². The van der Waals surface area contributed by atoms with E-state index in [1.165, 1.54) is 18.4 Å². The third-order valence-electron chi connectivity index (χ3n) is 6.50. The highest BCUT2D eigenvalue weighted by Gasteiger charge is 2.56. The molecule has 1 aromatic carbocycles. The van der Waals surface area contributed by atoms with E-state index >= 15 is 0 Å². The average molecular weight is 317 g/mol. The molecule has 2 N–H and O–H groups in total. The topological polar surface area (TPSA) is 52.9 Å². The minimum Gasteiger partial charge on any atom is -0.497 e. The first kappa shape index (κ1) is 15.4. The Balaban J connectivity index is 1.60. The Hall–Kier alpha value is -1.10. The second kappa shape index (κ2) is 5.76. The zero-order chi connectivity index (χ0) is 16.0. The molecule has 1 saturated carbocycles. The van der Waals surface area contributed by atoms with Crippen LogP contribution in [0.3, 0.4) is 0 Å². The van der Waals surface area contributed by atoms with E-state index in [-0.39, 0.29) is 23.6 Å². The molecule has 1 aliphatic carbocycles. The molecule has 1 spiro atoms. The first-order valence-electron chi connectivity index (χ1n) is 8.89. The summed E-state index contributed by atoms with van der Waals surface area (Å²) in [4.78, 5) is 2.57. The van der Waals surface area contributed by atoms with E-state index < -0.39 is 6.10 Å². The van der Waals surface area contributed by atoms with Crippen LogP contribution in [0, 0.1) is 5.92 Å². The van der Waals surface area contributed by atoms with Crippen molar-refractivity contribution in [3.05, 3.63) is 29.8 Å². The summed E-state index contributed by atoms with van der Waals surface area (Å²) in [6.07, 6.45) is 5.40. The predicted molar refractivity (Wildman–Crippen MR) is 88.5 cm³/mol. The van der Waals surface area contributed by atoms with E-state index in [0.29, 0.717) is 0 Å². The summed E-state index contributed by atoms with van der Waals surface area (Å²) in [5.41, 5.74) is 1.46. The number of nitrogens with zero attached hydrogens (tertiary/aromatic N) is 1. The van der Waals surface area contributed by atoms with Crippen LogP contribution >= 0.6 is 0 Å². The summed E-state index contributed by atoms with van der Waals surface area (Å²) in [6.45, 7) is 1.08. The Labute approximate surface area is 138 Å². The summed E-state index contributed by atoms with van der Waals surface area (Å²) in [7, 11) is 1.68. The fourth-order valence-corrected chi connectivity index (χ4v) is 5.32. The van der Waals surface area contributed by atoms with Crippen molar-refractivity contribution < 1.29 is 14.9 Å². The van der Waals surface area contributed by atoms with Gasteiger partial charge in [0.1, 0.15) is 5.75 Å². The zero-order valence-corrected chi connectivity index (χ0v) is 13.8. The molecular weight excluding hydrogens is 290 g/mol. The lowest BCUT2D eigenvalue weighted by Gasteiger charge is -2.57. The van der Waals surface area contributed by atoms with E-state index in [1.807, 2.05) is 12.1 Å². The quantitative estimate of drug-likeness (QED) is 0.895. The van der Waals surface area contributed by atoms with Crippen LogP contribution in [0.5, 0.6) is 5.75 Å². The molecule has 4 rings (SSSR count). The van der Waals surface area contributed by atoms with Crippen LogP contribution in [-0.2, 0) is 6.42 Å². The third kappa shape index (κ3) is 2.48. The molecular formula is C19H27NO3. The van der Waals surface area contributed by atoms with E-state index in [4.69, 9.17) is 4.74 Å². The zero-order valence-electron chi connectivity index (χ0n) is 13.8. The number of ether oxygens (including phenoxy) is 1. The Bertz CT molecular complexity index is 560. The molecule has 2 saturated heterocycles. The number of benzene rings is 1. The van der Waals surface area contributed by atoms with Gasteiger partial charge in [0.25, 0.3) is 0 Å². The summed E-state index contributed by atoms with van der Waals surface area (Å²) < 4.78 is 5.23. The van der Waals surface area contributed by atoms with Crippen molar-refractivity contribution in [1.82, 2.24) is 4.90 Å². The van der Waals surface area contributed by atoms with Crippen LogP contribution in [0.2, 0.25) is 0 Å². The monoisotopic (exact) mass is 317 g/mol. The Morgan fingerprint density at radius 2 is 2.00 bits per heavy atom. The Kier molecular flexibility index (Phi) is 3.87. The average Bonchev–Trinajstić information content (AvgIpc) is 2.98. The van der Waals surface area contributed by atoms with Gasteiger partial charge >= 0.3 is 0 Å². The maximum Gasteiger partial charge on any atom is 0.118 e. The lowest BCUT2D eigenvalue weighted by atomic mass is 9.65. The van der Waals surface area contributed by atoms with Crippen LogP contribution in [0.1, 0.15) is 37.7 Å². The van der Waals surface area contributed by atoms with Crippen LogP contribution in [0.25, 0.3) is 0 Å². The first-order chi connectivity index (χ1) is 11.1. The third-order valence-corrected chi connectivity index (χ3v) is 6.50. The van der Waals surface area contributed by atoms with Gasteiger partial charge in [-0.2, -0.15) is 0 Å². The number of hydrogen-bond donors (Lipinski definition) is 2. The molecule has 4 nitrogen and oxygen atoms in total. The SMILES string of the molecule is COc1ccc(C[C@H]2[C@@H](O)[C@H]3C[C@]4(CCCN24)CC[C@@H]3O)cc1. The minimum atomic E-state index is -0.432. The van der Waals surface area contributed by atoms with Crippen molar-refractivity contribution in [1.29, 1.82) is 0 Å². The minimum absolute atomic E-state index is 0.0429.